The van der Waals surface area contributed by atoms with E-state index in [9.17, 15) is 15.0 Å². The molecule has 2 unspecified atom stereocenters. The van der Waals surface area contributed by atoms with Crippen LogP contribution in [-0.2, 0) is 4.79 Å². The van der Waals surface area contributed by atoms with Crippen LogP contribution >= 0.6 is 0 Å². The van der Waals surface area contributed by atoms with Crippen LogP contribution in [-0.4, -0.2) is 34.9 Å². The molecular formula is C41H79NO3. The van der Waals surface area contributed by atoms with Crippen LogP contribution < -0.4 is 5.32 Å². The van der Waals surface area contributed by atoms with Gasteiger partial charge in [0.25, 0.3) is 0 Å². The van der Waals surface area contributed by atoms with Gasteiger partial charge in [-0.25, -0.2) is 0 Å². The first-order valence-corrected chi connectivity index (χ1v) is 20.1. The van der Waals surface area contributed by atoms with Crippen molar-refractivity contribution in [1.82, 2.24) is 5.32 Å². The second-order valence-corrected chi connectivity index (χ2v) is 13.7. The highest BCUT2D eigenvalue weighted by atomic mass is 16.3. The molecule has 0 spiro atoms. The number of carbonyl (C=O) groups is 1. The lowest BCUT2D eigenvalue weighted by Gasteiger charge is -2.20. The fraction of sp³-hybridized carbons (Fsp3) is 0.878. The number of rotatable bonds is 36. The number of aliphatic hydroxyl groups is 2. The Balaban J connectivity index is 3.52. The first kappa shape index (κ1) is 43.9. The fourth-order valence-electron chi connectivity index (χ4n) is 6.06. The molecule has 266 valence electrons. The Morgan fingerprint density at radius 2 is 0.889 bits per heavy atom. The van der Waals surface area contributed by atoms with E-state index < -0.39 is 12.1 Å². The molecular weight excluding hydrogens is 554 g/mol. The zero-order valence-corrected chi connectivity index (χ0v) is 30.4. The zero-order chi connectivity index (χ0) is 32.9. The van der Waals surface area contributed by atoms with Crippen molar-refractivity contribution in [3.8, 4) is 0 Å². The molecule has 3 N–H and O–H groups in total. The van der Waals surface area contributed by atoms with Crippen LogP contribution in [0.5, 0.6) is 0 Å². The van der Waals surface area contributed by atoms with Gasteiger partial charge < -0.3 is 15.5 Å². The first-order valence-electron chi connectivity index (χ1n) is 20.1. The Kier molecular flexibility index (Phi) is 36.4. The van der Waals surface area contributed by atoms with Gasteiger partial charge in [0.2, 0.25) is 5.91 Å². The van der Waals surface area contributed by atoms with E-state index in [1.54, 1.807) is 6.08 Å². The summed E-state index contributed by atoms with van der Waals surface area (Å²) in [7, 11) is 0. The SMILES string of the molecule is CCC/C=C\CCCCCCCC(=O)NC(CO)C(O)/C=C/CCCCCCCCCCCCCCCCCCCCCCC. The molecule has 4 heteroatoms. The molecule has 4 nitrogen and oxygen atoms in total. The van der Waals surface area contributed by atoms with Crippen molar-refractivity contribution >= 4 is 5.91 Å². The minimum absolute atomic E-state index is 0.0756. The molecule has 0 fully saturated rings. The van der Waals surface area contributed by atoms with E-state index in [4.69, 9.17) is 0 Å². The van der Waals surface area contributed by atoms with Gasteiger partial charge in [0.1, 0.15) is 0 Å². The minimum Gasteiger partial charge on any atom is -0.394 e. The highest BCUT2D eigenvalue weighted by Crippen LogP contribution is 2.15. The van der Waals surface area contributed by atoms with Crippen molar-refractivity contribution in [2.75, 3.05) is 6.61 Å². The molecule has 0 aliphatic heterocycles. The second-order valence-electron chi connectivity index (χ2n) is 13.7. The summed E-state index contributed by atoms with van der Waals surface area (Å²) in [5, 5.41) is 22.9. The molecule has 0 bridgehead atoms. The van der Waals surface area contributed by atoms with Gasteiger partial charge in [-0.2, -0.15) is 0 Å². The van der Waals surface area contributed by atoms with E-state index in [1.807, 2.05) is 6.08 Å². The van der Waals surface area contributed by atoms with Crippen LogP contribution in [0.1, 0.15) is 213 Å². The maximum Gasteiger partial charge on any atom is 0.220 e. The first-order chi connectivity index (χ1) is 22.2. The van der Waals surface area contributed by atoms with Gasteiger partial charge in [0.05, 0.1) is 18.8 Å². The summed E-state index contributed by atoms with van der Waals surface area (Å²) in [4.78, 5) is 12.3. The Morgan fingerprint density at radius 1 is 0.511 bits per heavy atom. The van der Waals surface area contributed by atoms with E-state index >= 15 is 0 Å². The molecule has 45 heavy (non-hydrogen) atoms. The highest BCUT2D eigenvalue weighted by molar-refractivity contribution is 5.76. The predicted molar refractivity (Wildman–Crippen MR) is 198 cm³/mol. The van der Waals surface area contributed by atoms with Crippen LogP contribution in [0, 0.1) is 0 Å². The number of nitrogens with one attached hydrogen (secondary N) is 1. The molecule has 0 aromatic rings. The predicted octanol–water partition coefficient (Wildman–Crippen LogP) is 12.1. The van der Waals surface area contributed by atoms with Crippen molar-refractivity contribution in [2.24, 2.45) is 0 Å². The number of aliphatic hydroxyl groups excluding tert-OH is 2. The van der Waals surface area contributed by atoms with Crippen molar-refractivity contribution in [1.29, 1.82) is 0 Å². The standard InChI is InChI=1S/C41H79NO3/c1-3-5-7-9-11-13-15-16-17-18-19-20-21-22-23-24-25-26-27-28-30-32-34-36-40(44)39(38-43)42-41(45)37-35-33-31-29-14-12-10-8-6-4-2/h8,10,34,36,39-40,43-44H,3-7,9,11-33,35,37-38H2,1-2H3,(H,42,45)/b10-8-,36-34+. The van der Waals surface area contributed by atoms with Crippen molar-refractivity contribution in [2.45, 2.75) is 225 Å². The van der Waals surface area contributed by atoms with Crippen LogP contribution in [0.2, 0.25) is 0 Å². The van der Waals surface area contributed by atoms with Crippen molar-refractivity contribution in [3.63, 3.8) is 0 Å². The maximum absolute atomic E-state index is 12.3. The van der Waals surface area contributed by atoms with E-state index in [1.165, 1.54) is 154 Å². The van der Waals surface area contributed by atoms with Gasteiger partial charge in [-0.05, 0) is 38.5 Å². The summed E-state index contributed by atoms with van der Waals surface area (Å²) in [6, 6.07) is -0.622. The third kappa shape index (κ3) is 34.0. The third-order valence-electron chi connectivity index (χ3n) is 9.16. The molecule has 0 saturated heterocycles. The van der Waals surface area contributed by atoms with E-state index in [2.05, 4.69) is 31.3 Å². The van der Waals surface area contributed by atoms with Crippen LogP contribution in [0.15, 0.2) is 24.3 Å². The average molecular weight is 634 g/mol. The molecule has 0 aromatic carbocycles. The Morgan fingerprint density at radius 3 is 1.31 bits per heavy atom. The van der Waals surface area contributed by atoms with Gasteiger partial charge >= 0.3 is 0 Å². The topological polar surface area (TPSA) is 69.6 Å². The zero-order valence-electron chi connectivity index (χ0n) is 30.4. The number of allylic oxidation sites excluding steroid dienone is 3. The number of carbonyl (C=O) groups excluding carboxylic acids is 1. The lowest BCUT2D eigenvalue weighted by atomic mass is 10.0. The fourth-order valence-corrected chi connectivity index (χ4v) is 6.06. The molecule has 0 aliphatic rings. The molecule has 0 aliphatic carbocycles. The molecule has 0 rings (SSSR count). The van der Waals surface area contributed by atoms with E-state index in [0.29, 0.717) is 6.42 Å². The van der Waals surface area contributed by atoms with Crippen molar-refractivity contribution < 1.29 is 15.0 Å². The van der Waals surface area contributed by atoms with Crippen LogP contribution in [0.25, 0.3) is 0 Å². The number of hydrogen-bond acceptors (Lipinski definition) is 3. The molecule has 0 heterocycles. The summed E-state index contributed by atoms with van der Waals surface area (Å²) in [5.74, 6) is -0.0756. The van der Waals surface area contributed by atoms with Crippen molar-refractivity contribution in [3.05, 3.63) is 24.3 Å². The summed E-state index contributed by atoms with van der Waals surface area (Å²) >= 11 is 0. The maximum atomic E-state index is 12.3. The Bertz CT molecular complexity index is 647. The van der Waals surface area contributed by atoms with E-state index in [0.717, 1.165) is 38.5 Å². The quantitative estimate of drug-likeness (QED) is 0.0475. The average Bonchev–Trinajstić information content (AvgIpc) is 3.04. The van der Waals surface area contributed by atoms with E-state index in [-0.39, 0.29) is 12.5 Å². The van der Waals surface area contributed by atoms with Gasteiger partial charge in [0.15, 0.2) is 0 Å². The smallest absolute Gasteiger partial charge is 0.220 e. The summed E-state index contributed by atoms with van der Waals surface area (Å²) in [6.45, 7) is 4.24. The molecule has 0 saturated carbocycles. The summed E-state index contributed by atoms with van der Waals surface area (Å²) < 4.78 is 0. The Hall–Kier alpha value is -1.13. The van der Waals surface area contributed by atoms with Crippen LogP contribution in [0.3, 0.4) is 0 Å². The second kappa shape index (κ2) is 37.3. The lowest BCUT2D eigenvalue weighted by Crippen LogP contribution is -2.45. The van der Waals surface area contributed by atoms with Gasteiger partial charge in [0, 0.05) is 6.42 Å². The molecule has 1 amide bonds. The number of amides is 1. The number of unbranched alkanes of at least 4 members (excludes halogenated alkanes) is 27. The number of hydrogen-bond donors (Lipinski definition) is 3. The van der Waals surface area contributed by atoms with Crippen LogP contribution in [0.4, 0.5) is 0 Å². The lowest BCUT2D eigenvalue weighted by molar-refractivity contribution is -0.123. The van der Waals surface area contributed by atoms with Gasteiger partial charge in [-0.1, -0.05) is 192 Å². The Labute approximate surface area is 281 Å². The summed E-state index contributed by atoms with van der Waals surface area (Å²) in [5.41, 5.74) is 0. The van der Waals surface area contributed by atoms with Gasteiger partial charge in [-0.3, -0.25) is 4.79 Å². The minimum atomic E-state index is -0.838. The molecule has 0 aromatic heterocycles. The molecule has 2 atom stereocenters. The normalized spacial score (nSPS) is 13.2. The highest BCUT2D eigenvalue weighted by Gasteiger charge is 2.17. The monoisotopic (exact) mass is 634 g/mol. The summed E-state index contributed by atoms with van der Waals surface area (Å²) in [6.07, 6.45) is 47.1. The largest absolute Gasteiger partial charge is 0.394 e. The molecule has 0 radical (unpaired) electrons. The third-order valence-corrected chi connectivity index (χ3v) is 9.16. The van der Waals surface area contributed by atoms with Gasteiger partial charge in [-0.15, -0.1) is 0 Å².